The molecule has 1 N–H and O–H groups in total. The predicted molar refractivity (Wildman–Crippen MR) is 126 cm³/mol. The molecule has 0 radical (unpaired) electrons. The highest BCUT2D eigenvalue weighted by molar-refractivity contribution is 5.97. The van der Waals surface area contributed by atoms with Crippen molar-refractivity contribution in [3.8, 4) is 17.5 Å². The minimum absolute atomic E-state index is 0.0379. The van der Waals surface area contributed by atoms with Crippen molar-refractivity contribution in [3.63, 3.8) is 0 Å². The normalized spacial score (nSPS) is 14.3. The number of hydrogen-bond acceptors (Lipinski definition) is 5. The van der Waals surface area contributed by atoms with Gasteiger partial charge < -0.3 is 9.64 Å². The van der Waals surface area contributed by atoms with Crippen molar-refractivity contribution in [3.05, 3.63) is 70.0 Å². The Hall–Kier alpha value is -3.50. The van der Waals surface area contributed by atoms with Gasteiger partial charge in [-0.25, -0.2) is 4.98 Å². The Morgan fingerprint density at radius 3 is 2.70 bits per heavy atom. The van der Waals surface area contributed by atoms with Gasteiger partial charge in [0.25, 0.3) is 5.91 Å². The maximum atomic E-state index is 13.4. The lowest BCUT2D eigenvalue weighted by molar-refractivity contribution is 0.0712. The number of nitrogens with zero attached hydrogens (tertiary/aromatic N) is 4. The molecule has 4 rings (SSSR count). The van der Waals surface area contributed by atoms with Crippen LogP contribution in [0.5, 0.6) is 0 Å². The average Bonchev–Trinajstić information content (AvgIpc) is 3.31. The maximum Gasteiger partial charge on any atom is 0.254 e. The molecule has 0 unspecified atom stereocenters. The number of amides is 1. The number of benzene rings is 2. The summed E-state index contributed by atoms with van der Waals surface area (Å²) in [6.07, 6.45) is 2.36. The molecular weight excluding hydrogens is 414 g/mol. The molecule has 2 aromatic carbocycles. The van der Waals surface area contributed by atoms with E-state index in [9.17, 15) is 10.1 Å². The van der Waals surface area contributed by atoms with E-state index in [4.69, 9.17) is 4.74 Å². The molecule has 170 valence electrons. The molecule has 0 bridgehead atoms. The van der Waals surface area contributed by atoms with E-state index >= 15 is 0 Å². The zero-order valence-electron chi connectivity index (χ0n) is 19.4. The molecule has 0 aliphatic carbocycles. The number of aryl methyl sites for hydroxylation is 2. The summed E-state index contributed by atoms with van der Waals surface area (Å²) >= 11 is 0. The Kier molecular flexibility index (Phi) is 6.85. The smallest absolute Gasteiger partial charge is 0.254 e. The van der Waals surface area contributed by atoms with Crippen LogP contribution in [0.15, 0.2) is 36.4 Å². The third kappa shape index (κ3) is 4.81. The van der Waals surface area contributed by atoms with Gasteiger partial charge in [0, 0.05) is 37.7 Å². The van der Waals surface area contributed by atoms with Gasteiger partial charge in [0.15, 0.2) is 5.82 Å². The molecule has 1 aromatic heterocycles. The SMILES string of the molecule is COCCc1nc(-c2cc(C(=O)N3CCC(c4ccccc4C#N)CC3)c(C)cc2C)n[nH]1. The molecule has 0 saturated carbocycles. The molecule has 3 aromatic rings. The first-order valence-electron chi connectivity index (χ1n) is 11.3. The number of nitrogens with one attached hydrogen (secondary N) is 1. The van der Waals surface area contributed by atoms with Gasteiger partial charge in [-0.05, 0) is 61.4 Å². The van der Waals surface area contributed by atoms with Crippen molar-refractivity contribution < 1.29 is 9.53 Å². The highest BCUT2D eigenvalue weighted by atomic mass is 16.5. The number of methoxy groups -OCH3 is 1. The number of aromatic nitrogens is 3. The van der Waals surface area contributed by atoms with Crippen molar-refractivity contribution in [2.75, 3.05) is 26.8 Å². The van der Waals surface area contributed by atoms with E-state index in [2.05, 4.69) is 21.3 Å². The first-order chi connectivity index (χ1) is 16.0. The van der Waals surface area contributed by atoms with Crippen LogP contribution >= 0.6 is 0 Å². The minimum Gasteiger partial charge on any atom is -0.384 e. The van der Waals surface area contributed by atoms with Crippen LogP contribution < -0.4 is 0 Å². The molecule has 1 aliphatic rings. The summed E-state index contributed by atoms with van der Waals surface area (Å²) in [5.74, 6) is 1.70. The number of rotatable bonds is 6. The van der Waals surface area contributed by atoms with E-state index in [1.807, 2.05) is 55.1 Å². The van der Waals surface area contributed by atoms with E-state index in [0.29, 0.717) is 43.4 Å². The fourth-order valence-electron chi connectivity index (χ4n) is 4.57. The van der Waals surface area contributed by atoms with Gasteiger partial charge in [-0.3, -0.25) is 9.89 Å². The van der Waals surface area contributed by atoms with Gasteiger partial charge >= 0.3 is 0 Å². The van der Waals surface area contributed by atoms with Gasteiger partial charge in [0.1, 0.15) is 5.82 Å². The van der Waals surface area contributed by atoms with Crippen LogP contribution in [-0.4, -0.2) is 52.8 Å². The summed E-state index contributed by atoms with van der Waals surface area (Å²) in [6, 6.07) is 14.0. The molecule has 1 aliphatic heterocycles. The molecule has 7 heteroatoms. The summed E-state index contributed by atoms with van der Waals surface area (Å²) in [5, 5.41) is 16.7. The zero-order chi connectivity index (χ0) is 23.4. The third-order valence-electron chi connectivity index (χ3n) is 6.42. The van der Waals surface area contributed by atoms with Crippen molar-refractivity contribution in [2.45, 2.75) is 39.0 Å². The van der Waals surface area contributed by atoms with Crippen LogP contribution in [0.3, 0.4) is 0 Å². The summed E-state index contributed by atoms with van der Waals surface area (Å²) in [6.45, 7) is 5.91. The topological polar surface area (TPSA) is 94.9 Å². The van der Waals surface area contributed by atoms with Crippen LogP contribution in [0.4, 0.5) is 0 Å². The lowest BCUT2D eigenvalue weighted by atomic mass is 9.86. The number of H-pyrrole nitrogens is 1. The second kappa shape index (κ2) is 9.97. The summed E-state index contributed by atoms with van der Waals surface area (Å²) in [5.41, 5.74) is 5.37. The quantitative estimate of drug-likeness (QED) is 0.617. The third-order valence-corrected chi connectivity index (χ3v) is 6.42. The van der Waals surface area contributed by atoms with Gasteiger partial charge in [-0.15, -0.1) is 0 Å². The Bertz CT molecular complexity index is 1190. The minimum atomic E-state index is 0.0379. The monoisotopic (exact) mass is 443 g/mol. The molecular formula is C26H29N5O2. The van der Waals surface area contributed by atoms with E-state index in [-0.39, 0.29) is 5.91 Å². The van der Waals surface area contributed by atoms with E-state index in [1.165, 1.54) is 0 Å². The number of hydrogen-bond donors (Lipinski definition) is 1. The van der Waals surface area contributed by atoms with Crippen LogP contribution in [0, 0.1) is 25.2 Å². The molecule has 1 saturated heterocycles. The van der Waals surface area contributed by atoms with Crippen LogP contribution in [0.25, 0.3) is 11.4 Å². The lowest BCUT2D eigenvalue weighted by Gasteiger charge is -2.33. The second-order valence-electron chi connectivity index (χ2n) is 8.60. The van der Waals surface area contributed by atoms with Crippen molar-refractivity contribution in [1.82, 2.24) is 20.1 Å². The largest absolute Gasteiger partial charge is 0.384 e. The molecule has 1 fully saturated rings. The fourth-order valence-corrected chi connectivity index (χ4v) is 4.57. The van der Waals surface area contributed by atoms with E-state index < -0.39 is 0 Å². The highest BCUT2D eigenvalue weighted by Gasteiger charge is 2.27. The summed E-state index contributed by atoms with van der Waals surface area (Å²) in [7, 11) is 1.66. The molecule has 7 nitrogen and oxygen atoms in total. The summed E-state index contributed by atoms with van der Waals surface area (Å²) in [4.78, 5) is 19.9. The fraction of sp³-hybridized carbons (Fsp3) is 0.385. The number of ether oxygens (including phenoxy) is 1. The molecule has 2 heterocycles. The van der Waals surface area contributed by atoms with Gasteiger partial charge in [-0.2, -0.15) is 10.4 Å². The maximum absolute atomic E-state index is 13.4. The lowest BCUT2D eigenvalue weighted by Crippen LogP contribution is -2.38. The Morgan fingerprint density at radius 1 is 1.21 bits per heavy atom. The molecule has 0 spiro atoms. The van der Waals surface area contributed by atoms with E-state index in [0.717, 1.165) is 46.5 Å². The Balaban J connectivity index is 1.51. The van der Waals surface area contributed by atoms with Crippen molar-refractivity contribution in [1.29, 1.82) is 5.26 Å². The summed E-state index contributed by atoms with van der Waals surface area (Å²) < 4.78 is 5.11. The number of carbonyl (C=O) groups is 1. The van der Waals surface area contributed by atoms with Gasteiger partial charge in [0.2, 0.25) is 0 Å². The standard InChI is InChI=1S/C26H29N5O2/c1-17-14-18(2)23(15-22(17)25-28-24(29-30-25)10-13-33-3)26(32)31-11-8-19(9-12-31)21-7-5-4-6-20(21)16-27/h4-7,14-15,19H,8-13H2,1-3H3,(H,28,29,30). The predicted octanol–water partition coefficient (Wildman–Crippen LogP) is 4.17. The Labute approximate surface area is 194 Å². The number of nitriles is 1. The number of aromatic amines is 1. The number of likely N-dealkylation sites (tertiary alicyclic amines) is 1. The number of piperidine rings is 1. The van der Waals surface area contributed by atoms with Gasteiger partial charge in [-0.1, -0.05) is 24.3 Å². The number of carbonyl (C=O) groups excluding carboxylic acids is 1. The molecule has 0 atom stereocenters. The average molecular weight is 444 g/mol. The van der Waals surface area contributed by atoms with Crippen molar-refractivity contribution >= 4 is 5.91 Å². The van der Waals surface area contributed by atoms with Gasteiger partial charge in [0.05, 0.1) is 18.2 Å². The second-order valence-corrected chi connectivity index (χ2v) is 8.60. The van der Waals surface area contributed by atoms with Crippen LogP contribution in [0.1, 0.15) is 57.2 Å². The molecule has 1 amide bonds. The Morgan fingerprint density at radius 2 is 1.97 bits per heavy atom. The first kappa shape index (κ1) is 22.7. The highest BCUT2D eigenvalue weighted by Crippen LogP contribution is 2.32. The zero-order valence-corrected chi connectivity index (χ0v) is 19.4. The van der Waals surface area contributed by atoms with Crippen LogP contribution in [0.2, 0.25) is 0 Å². The first-order valence-corrected chi connectivity index (χ1v) is 11.3. The van der Waals surface area contributed by atoms with Crippen LogP contribution in [-0.2, 0) is 11.2 Å². The van der Waals surface area contributed by atoms with E-state index in [1.54, 1.807) is 7.11 Å². The molecule has 33 heavy (non-hydrogen) atoms. The van der Waals surface area contributed by atoms with Crippen molar-refractivity contribution in [2.24, 2.45) is 0 Å².